The van der Waals surface area contributed by atoms with Crippen molar-refractivity contribution in [2.75, 3.05) is 25.0 Å². The van der Waals surface area contributed by atoms with Crippen molar-refractivity contribution in [3.05, 3.63) is 23.2 Å². The van der Waals surface area contributed by atoms with Gasteiger partial charge >= 0.3 is 0 Å². The minimum Gasteiger partial charge on any atom is -0.492 e. The van der Waals surface area contributed by atoms with Gasteiger partial charge in [-0.2, -0.15) is 0 Å². The summed E-state index contributed by atoms with van der Waals surface area (Å²) in [6, 6.07) is 5.38. The predicted octanol–water partition coefficient (Wildman–Crippen LogP) is 3.46. The lowest BCUT2D eigenvalue weighted by atomic mass is 9.94. The molecule has 0 aliphatic carbocycles. The van der Waals surface area contributed by atoms with Gasteiger partial charge in [-0.15, -0.1) is 0 Å². The van der Waals surface area contributed by atoms with Gasteiger partial charge in [-0.25, -0.2) is 0 Å². The van der Waals surface area contributed by atoms with E-state index in [1.54, 1.807) is 12.1 Å². The molecule has 21 heavy (non-hydrogen) atoms. The van der Waals surface area contributed by atoms with Crippen molar-refractivity contribution in [2.24, 2.45) is 5.92 Å². The largest absolute Gasteiger partial charge is 0.492 e. The second-order valence-corrected chi connectivity index (χ2v) is 5.85. The zero-order valence-corrected chi connectivity index (χ0v) is 13.2. The topological polar surface area (TPSA) is 50.4 Å². The molecule has 1 amide bonds. The molecule has 0 saturated carbocycles. The number of amides is 1. The summed E-state index contributed by atoms with van der Waals surface area (Å²) < 4.78 is 5.52. The summed E-state index contributed by atoms with van der Waals surface area (Å²) in [5.74, 6) is 1.20. The lowest BCUT2D eigenvalue weighted by Crippen LogP contribution is -2.30. The van der Waals surface area contributed by atoms with Crippen molar-refractivity contribution in [3.63, 3.8) is 0 Å². The van der Waals surface area contributed by atoms with Crippen LogP contribution in [-0.2, 0) is 4.79 Å². The first-order valence-electron chi connectivity index (χ1n) is 7.62. The van der Waals surface area contributed by atoms with Crippen LogP contribution >= 0.6 is 11.6 Å². The SMILES string of the molecule is CCCOc1ccc(NC(=O)CC2CCNCC2)cc1Cl. The Bertz CT molecular complexity index is 473. The van der Waals surface area contributed by atoms with E-state index in [0.29, 0.717) is 29.7 Å². The lowest BCUT2D eigenvalue weighted by Gasteiger charge is -2.22. The molecule has 0 atom stereocenters. The summed E-state index contributed by atoms with van der Waals surface area (Å²) in [4.78, 5) is 12.0. The molecule has 2 N–H and O–H groups in total. The Morgan fingerprint density at radius 2 is 2.19 bits per heavy atom. The Kier molecular flexibility index (Phi) is 6.33. The quantitative estimate of drug-likeness (QED) is 0.846. The fraction of sp³-hybridized carbons (Fsp3) is 0.562. The van der Waals surface area contributed by atoms with Crippen LogP contribution in [0.2, 0.25) is 5.02 Å². The zero-order chi connectivity index (χ0) is 15.1. The molecule has 1 aliphatic heterocycles. The average molecular weight is 311 g/mol. The Labute approximate surface area is 131 Å². The minimum absolute atomic E-state index is 0.0557. The standard InChI is InChI=1S/C16H23ClN2O2/c1-2-9-21-15-4-3-13(11-14(15)17)19-16(20)10-12-5-7-18-8-6-12/h3-4,11-12,18H,2,5-10H2,1H3,(H,19,20). The van der Waals surface area contributed by atoms with Crippen LogP contribution in [0.5, 0.6) is 5.75 Å². The minimum atomic E-state index is 0.0557. The summed E-state index contributed by atoms with van der Waals surface area (Å²) in [5, 5.41) is 6.75. The number of halogens is 1. The number of carbonyl (C=O) groups is 1. The number of hydrogen-bond donors (Lipinski definition) is 2. The molecule has 0 bridgehead atoms. The summed E-state index contributed by atoms with van der Waals surface area (Å²) in [6.45, 7) is 4.70. The van der Waals surface area contributed by atoms with Gasteiger partial charge in [-0.1, -0.05) is 18.5 Å². The Hall–Kier alpha value is -1.26. The molecule has 0 spiro atoms. The Balaban J connectivity index is 1.86. The van der Waals surface area contributed by atoms with E-state index in [1.807, 2.05) is 13.0 Å². The monoisotopic (exact) mass is 310 g/mol. The predicted molar refractivity (Wildman–Crippen MR) is 86.1 cm³/mol. The molecule has 2 rings (SSSR count). The number of carbonyl (C=O) groups excluding carboxylic acids is 1. The van der Waals surface area contributed by atoms with E-state index in [-0.39, 0.29) is 5.91 Å². The molecule has 1 fully saturated rings. The number of rotatable bonds is 6. The first-order valence-corrected chi connectivity index (χ1v) is 7.99. The maximum atomic E-state index is 12.0. The van der Waals surface area contributed by atoms with Gasteiger partial charge in [0.25, 0.3) is 0 Å². The first kappa shape index (κ1) is 16.1. The van der Waals surface area contributed by atoms with Crippen LogP contribution < -0.4 is 15.4 Å². The van der Waals surface area contributed by atoms with Crippen molar-refractivity contribution in [1.82, 2.24) is 5.32 Å². The van der Waals surface area contributed by atoms with Gasteiger partial charge in [-0.05, 0) is 56.5 Å². The number of hydrogen-bond acceptors (Lipinski definition) is 3. The zero-order valence-electron chi connectivity index (χ0n) is 12.5. The van der Waals surface area contributed by atoms with Gasteiger partial charge in [0.05, 0.1) is 11.6 Å². The van der Waals surface area contributed by atoms with Crippen molar-refractivity contribution in [3.8, 4) is 5.75 Å². The van der Waals surface area contributed by atoms with Crippen molar-refractivity contribution >= 4 is 23.2 Å². The highest BCUT2D eigenvalue weighted by atomic mass is 35.5. The first-order chi connectivity index (χ1) is 10.2. The van der Waals surface area contributed by atoms with E-state index in [1.165, 1.54) is 0 Å². The fourth-order valence-corrected chi connectivity index (χ4v) is 2.70. The normalized spacial score (nSPS) is 15.7. The molecule has 1 aliphatic rings. The summed E-state index contributed by atoms with van der Waals surface area (Å²) in [6.07, 6.45) is 3.65. The van der Waals surface area contributed by atoms with Crippen LogP contribution in [0.25, 0.3) is 0 Å². The van der Waals surface area contributed by atoms with E-state index in [0.717, 1.165) is 38.0 Å². The van der Waals surface area contributed by atoms with E-state index >= 15 is 0 Å². The van der Waals surface area contributed by atoms with Crippen LogP contribution in [0.15, 0.2) is 18.2 Å². The average Bonchev–Trinajstić information content (AvgIpc) is 2.47. The van der Waals surface area contributed by atoms with E-state index < -0.39 is 0 Å². The summed E-state index contributed by atoms with van der Waals surface area (Å²) in [5.41, 5.74) is 0.725. The molecule has 1 heterocycles. The van der Waals surface area contributed by atoms with Gasteiger partial charge in [-0.3, -0.25) is 4.79 Å². The third-order valence-corrected chi connectivity index (χ3v) is 3.91. The molecule has 4 nitrogen and oxygen atoms in total. The van der Waals surface area contributed by atoms with Crippen molar-refractivity contribution in [1.29, 1.82) is 0 Å². The van der Waals surface area contributed by atoms with Gasteiger partial charge in [0, 0.05) is 12.1 Å². The molecule has 1 aromatic rings. The number of ether oxygens (including phenoxy) is 1. The molecule has 0 aromatic heterocycles. The van der Waals surface area contributed by atoms with E-state index in [9.17, 15) is 4.79 Å². The molecule has 5 heteroatoms. The summed E-state index contributed by atoms with van der Waals surface area (Å²) in [7, 11) is 0. The van der Waals surface area contributed by atoms with Gasteiger partial charge in [0.2, 0.25) is 5.91 Å². The maximum Gasteiger partial charge on any atom is 0.224 e. The van der Waals surface area contributed by atoms with Gasteiger partial charge in [0.15, 0.2) is 0 Å². The van der Waals surface area contributed by atoms with Crippen LogP contribution in [0.1, 0.15) is 32.6 Å². The third-order valence-electron chi connectivity index (χ3n) is 3.61. The van der Waals surface area contributed by atoms with Crippen LogP contribution in [-0.4, -0.2) is 25.6 Å². The summed E-state index contributed by atoms with van der Waals surface area (Å²) >= 11 is 6.16. The molecule has 1 aromatic carbocycles. The second-order valence-electron chi connectivity index (χ2n) is 5.44. The Morgan fingerprint density at radius 1 is 1.43 bits per heavy atom. The van der Waals surface area contributed by atoms with E-state index in [4.69, 9.17) is 16.3 Å². The molecule has 0 unspecified atom stereocenters. The lowest BCUT2D eigenvalue weighted by molar-refractivity contribution is -0.117. The molecule has 0 radical (unpaired) electrons. The number of benzene rings is 1. The second kappa shape index (κ2) is 8.25. The van der Waals surface area contributed by atoms with Gasteiger partial charge < -0.3 is 15.4 Å². The molecule has 116 valence electrons. The highest BCUT2D eigenvalue weighted by Crippen LogP contribution is 2.28. The molecular formula is C16H23ClN2O2. The number of piperidine rings is 1. The van der Waals surface area contributed by atoms with Crippen LogP contribution in [0.3, 0.4) is 0 Å². The third kappa shape index (κ3) is 5.21. The van der Waals surface area contributed by atoms with Gasteiger partial charge in [0.1, 0.15) is 5.75 Å². The molecule has 1 saturated heterocycles. The highest BCUT2D eigenvalue weighted by molar-refractivity contribution is 6.32. The van der Waals surface area contributed by atoms with Crippen molar-refractivity contribution in [2.45, 2.75) is 32.6 Å². The van der Waals surface area contributed by atoms with Crippen LogP contribution in [0.4, 0.5) is 5.69 Å². The number of nitrogens with one attached hydrogen (secondary N) is 2. The molecular weight excluding hydrogens is 288 g/mol. The highest BCUT2D eigenvalue weighted by Gasteiger charge is 2.17. The maximum absolute atomic E-state index is 12.0. The number of anilines is 1. The smallest absolute Gasteiger partial charge is 0.224 e. The van der Waals surface area contributed by atoms with Crippen LogP contribution in [0, 0.1) is 5.92 Å². The fourth-order valence-electron chi connectivity index (χ4n) is 2.47. The van der Waals surface area contributed by atoms with E-state index in [2.05, 4.69) is 10.6 Å². The Morgan fingerprint density at radius 3 is 2.86 bits per heavy atom. The van der Waals surface area contributed by atoms with Crippen molar-refractivity contribution < 1.29 is 9.53 Å².